The maximum Gasteiger partial charge on any atom is 0.0582 e. The highest BCUT2D eigenvalue weighted by Gasteiger charge is 2.31. The number of benzene rings is 1. The molecule has 14 heavy (non-hydrogen) atoms. The molecule has 1 atom stereocenters. The minimum absolute atomic E-state index is 0.529. The highest BCUT2D eigenvalue weighted by atomic mass is 15.3. The molecule has 0 aliphatic carbocycles. The lowest BCUT2D eigenvalue weighted by molar-refractivity contribution is 0.462. The van der Waals surface area contributed by atoms with E-state index in [2.05, 4.69) is 56.0 Å². The zero-order chi connectivity index (χ0) is 10.1. The molecule has 2 rings (SSSR count). The van der Waals surface area contributed by atoms with Gasteiger partial charge in [-0.3, -0.25) is 0 Å². The normalized spacial score (nSPS) is 16.8. The third-order valence-electron chi connectivity index (χ3n) is 2.89. The van der Waals surface area contributed by atoms with Crippen LogP contribution >= 0.6 is 0 Å². The fraction of sp³-hybridized carbons (Fsp3) is 0.385. The quantitative estimate of drug-likeness (QED) is 0.642. The van der Waals surface area contributed by atoms with Gasteiger partial charge >= 0.3 is 0 Å². The van der Waals surface area contributed by atoms with E-state index in [9.17, 15) is 0 Å². The number of allylic oxidation sites excluding steroid dienone is 1. The lowest BCUT2D eigenvalue weighted by Crippen LogP contribution is -2.04. The Balaban J connectivity index is 2.13. The summed E-state index contributed by atoms with van der Waals surface area (Å²) in [7, 11) is 0. The van der Waals surface area contributed by atoms with Gasteiger partial charge in [-0.1, -0.05) is 35.9 Å². The molecule has 1 nitrogen and oxygen atoms in total. The van der Waals surface area contributed by atoms with Crippen LogP contribution in [-0.4, -0.2) is 11.4 Å². The van der Waals surface area contributed by atoms with Crippen LogP contribution in [0.2, 0.25) is 0 Å². The number of nitrogens with zero attached hydrogens (tertiary/aromatic N) is 1. The number of hydrogen-bond acceptors (Lipinski definition) is 1. The molecule has 0 spiro atoms. The standard InChI is InChI=1S/C13H17N/c1-10(2)13-9-14(13)11(3)12-7-5-4-6-8-12/h4-8,11H,9H2,1-3H3/t11-,14?/m1/s1. The molecule has 0 amide bonds. The van der Waals surface area contributed by atoms with Crippen LogP contribution in [0.1, 0.15) is 32.4 Å². The van der Waals surface area contributed by atoms with Crippen molar-refractivity contribution in [3.63, 3.8) is 0 Å². The fourth-order valence-corrected chi connectivity index (χ4v) is 1.85. The van der Waals surface area contributed by atoms with E-state index in [1.165, 1.54) is 16.8 Å². The van der Waals surface area contributed by atoms with E-state index in [-0.39, 0.29) is 0 Å². The summed E-state index contributed by atoms with van der Waals surface area (Å²) >= 11 is 0. The second-order valence-electron chi connectivity index (χ2n) is 4.16. The topological polar surface area (TPSA) is 3.01 Å². The van der Waals surface area contributed by atoms with Crippen molar-refractivity contribution < 1.29 is 0 Å². The molecule has 0 bridgehead atoms. The van der Waals surface area contributed by atoms with Gasteiger partial charge < -0.3 is 4.90 Å². The van der Waals surface area contributed by atoms with E-state index in [1.807, 2.05) is 0 Å². The molecule has 1 heterocycles. The largest absolute Gasteiger partial charge is 0.361 e. The smallest absolute Gasteiger partial charge is 0.0582 e. The summed E-state index contributed by atoms with van der Waals surface area (Å²) < 4.78 is 0. The van der Waals surface area contributed by atoms with Crippen LogP contribution in [0, 0.1) is 0 Å². The van der Waals surface area contributed by atoms with Crippen molar-refractivity contribution in [2.45, 2.75) is 26.8 Å². The Morgan fingerprint density at radius 3 is 2.36 bits per heavy atom. The Labute approximate surface area is 86.1 Å². The summed E-state index contributed by atoms with van der Waals surface area (Å²) in [6.07, 6.45) is 0. The Morgan fingerprint density at radius 1 is 1.21 bits per heavy atom. The first kappa shape index (κ1) is 9.32. The van der Waals surface area contributed by atoms with Gasteiger partial charge in [0.15, 0.2) is 0 Å². The van der Waals surface area contributed by atoms with Gasteiger partial charge in [-0.05, 0) is 26.3 Å². The molecule has 0 N–H and O–H groups in total. The highest BCUT2D eigenvalue weighted by molar-refractivity contribution is 5.29. The average Bonchev–Trinajstić information content (AvgIpc) is 2.97. The highest BCUT2D eigenvalue weighted by Crippen LogP contribution is 2.36. The van der Waals surface area contributed by atoms with Gasteiger partial charge in [0.1, 0.15) is 0 Å². The van der Waals surface area contributed by atoms with Crippen LogP contribution in [0.25, 0.3) is 0 Å². The van der Waals surface area contributed by atoms with Crippen LogP contribution < -0.4 is 0 Å². The van der Waals surface area contributed by atoms with Gasteiger partial charge in [0.25, 0.3) is 0 Å². The third kappa shape index (κ3) is 1.67. The predicted molar refractivity (Wildman–Crippen MR) is 59.9 cm³/mol. The molecule has 1 aliphatic rings. The number of hydrogen-bond donors (Lipinski definition) is 0. The Bertz CT molecular complexity index is 347. The van der Waals surface area contributed by atoms with Crippen molar-refractivity contribution in [3.8, 4) is 0 Å². The van der Waals surface area contributed by atoms with E-state index in [0.29, 0.717) is 6.04 Å². The van der Waals surface area contributed by atoms with Gasteiger partial charge in [0.2, 0.25) is 0 Å². The summed E-state index contributed by atoms with van der Waals surface area (Å²) in [5.41, 5.74) is 4.37. The van der Waals surface area contributed by atoms with Crippen molar-refractivity contribution >= 4 is 0 Å². The zero-order valence-corrected chi connectivity index (χ0v) is 9.12. The van der Waals surface area contributed by atoms with Crippen molar-refractivity contribution in [1.29, 1.82) is 0 Å². The number of rotatable bonds is 2. The van der Waals surface area contributed by atoms with Crippen LogP contribution in [-0.2, 0) is 0 Å². The molecule has 0 radical (unpaired) electrons. The fourth-order valence-electron chi connectivity index (χ4n) is 1.85. The molecule has 1 aliphatic heterocycles. The molecule has 74 valence electrons. The van der Waals surface area contributed by atoms with Crippen LogP contribution in [0.3, 0.4) is 0 Å². The average molecular weight is 187 g/mol. The van der Waals surface area contributed by atoms with E-state index >= 15 is 0 Å². The molecule has 1 fully saturated rings. The lowest BCUT2D eigenvalue weighted by Gasteiger charge is -2.13. The summed E-state index contributed by atoms with van der Waals surface area (Å²) in [5.74, 6) is 0. The summed E-state index contributed by atoms with van der Waals surface area (Å²) in [5, 5.41) is 0. The molecule has 0 aromatic heterocycles. The van der Waals surface area contributed by atoms with Gasteiger partial charge in [-0.25, -0.2) is 0 Å². The Morgan fingerprint density at radius 2 is 1.86 bits per heavy atom. The van der Waals surface area contributed by atoms with Gasteiger partial charge in [-0.2, -0.15) is 0 Å². The van der Waals surface area contributed by atoms with Crippen molar-refractivity contribution in [3.05, 3.63) is 47.2 Å². The Hall–Kier alpha value is -1.24. The zero-order valence-electron chi connectivity index (χ0n) is 9.12. The molecule has 0 unspecified atom stereocenters. The summed E-state index contributed by atoms with van der Waals surface area (Å²) in [6.45, 7) is 7.80. The Kier molecular flexibility index (Phi) is 2.32. The van der Waals surface area contributed by atoms with Gasteiger partial charge in [0.05, 0.1) is 12.6 Å². The SMILES string of the molecule is CC(C)=C1CN1[C@H](C)c1ccccc1. The maximum absolute atomic E-state index is 2.45. The van der Waals surface area contributed by atoms with Gasteiger partial charge in [0, 0.05) is 5.70 Å². The van der Waals surface area contributed by atoms with Crippen LogP contribution in [0.4, 0.5) is 0 Å². The monoisotopic (exact) mass is 187 g/mol. The van der Waals surface area contributed by atoms with Crippen molar-refractivity contribution in [1.82, 2.24) is 4.90 Å². The van der Waals surface area contributed by atoms with Crippen LogP contribution in [0.5, 0.6) is 0 Å². The molecule has 1 aromatic rings. The molecule has 0 saturated carbocycles. The molecule has 1 aromatic carbocycles. The summed E-state index contributed by atoms with van der Waals surface area (Å²) in [4.78, 5) is 2.45. The predicted octanol–water partition coefficient (Wildman–Crippen LogP) is 3.36. The van der Waals surface area contributed by atoms with E-state index in [0.717, 1.165) is 6.54 Å². The minimum atomic E-state index is 0.529. The lowest BCUT2D eigenvalue weighted by atomic mass is 10.1. The molecule has 1 saturated heterocycles. The van der Waals surface area contributed by atoms with Crippen LogP contribution in [0.15, 0.2) is 41.6 Å². The first-order valence-electron chi connectivity index (χ1n) is 5.18. The third-order valence-corrected chi connectivity index (χ3v) is 2.89. The maximum atomic E-state index is 2.45. The van der Waals surface area contributed by atoms with E-state index < -0.39 is 0 Å². The molecular weight excluding hydrogens is 170 g/mol. The first-order valence-corrected chi connectivity index (χ1v) is 5.18. The van der Waals surface area contributed by atoms with E-state index in [4.69, 9.17) is 0 Å². The first-order chi connectivity index (χ1) is 6.70. The second kappa shape index (κ2) is 3.49. The minimum Gasteiger partial charge on any atom is -0.361 e. The van der Waals surface area contributed by atoms with Gasteiger partial charge in [-0.15, -0.1) is 0 Å². The van der Waals surface area contributed by atoms with Crippen molar-refractivity contribution in [2.75, 3.05) is 6.54 Å². The van der Waals surface area contributed by atoms with E-state index in [1.54, 1.807) is 0 Å². The van der Waals surface area contributed by atoms with Crippen molar-refractivity contribution in [2.24, 2.45) is 0 Å². The summed E-state index contributed by atoms with van der Waals surface area (Å²) in [6, 6.07) is 11.2. The molecular formula is C13H17N. The second-order valence-corrected chi connectivity index (χ2v) is 4.16. The molecule has 1 heteroatoms.